The number of amides is 5. The number of β-lactam (4-membered cyclic amide) rings is 1. The Balaban J connectivity index is 1.61. The zero-order chi connectivity index (χ0) is 20.6. The van der Waals surface area contributed by atoms with E-state index in [1.54, 1.807) is 0 Å². The zero-order valence-electron chi connectivity index (χ0n) is 14.4. The summed E-state index contributed by atoms with van der Waals surface area (Å²) >= 11 is 0. The maximum Gasteiger partial charge on any atom is 0.362 e. The van der Waals surface area contributed by atoms with Gasteiger partial charge >= 0.3 is 16.3 Å². The number of nitrogens with one attached hydrogen (secondary N) is 2. The first-order valence-corrected chi connectivity index (χ1v) is 9.54. The van der Waals surface area contributed by atoms with Crippen LogP contribution in [0.3, 0.4) is 0 Å². The van der Waals surface area contributed by atoms with Gasteiger partial charge in [0.15, 0.2) is 0 Å². The number of carbonyl (C=O) groups excluding carboxylic acids is 4. The number of likely N-dealkylation sites (tertiary alicyclic amines) is 1. The van der Waals surface area contributed by atoms with Gasteiger partial charge in [-0.2, -0.15) is 8.42 Å². The summed E-state index contributed by atoms with van der Waals surface area (Å²) in [6.07, 6.45) is 0.225. The molecule has 2 fully saturated rings. The Kier molecular flexibility index (Phi) is 4.95. The summed E-state index contributed by atoms with van der Waals surface area (Å²) in [5, 5.41) is 4.88. The van der Waals surface area contributed by atoms with Gasteiger partial charge in [-0.05, 0) is 30.7 Å². The van der Waals surface area contributed by atoms with Crippen molar-refractivity contribution in [3.8, 4) is 0 Å². The number of benzene rings is 1. The second kappa shape index (κ2) is 7.09. The van der Waals surface area contributed by atoms with E-state index in [4.69, 9.17) is 10.3 Å². The highest BCUT2D eigenvalue weighted by Crippen LogP contribution is 2.35. The Labute approximate surface area is 159 Å². The molecule has 5 N–H and O–H groups in total. The lowest BCUT2D eigenvalue weighted by molar-refractivity contribution is -0.143. The van der Waals surface area contributed by atoms with Gasteiger partial charge in [0, 0.05) is 17.8 Å². The van der Waals surface area contributed by atoms with Crippen LogP contribution in [-0.4, -0.2) is 71.1 Å². The van der Waals surface area contributed by atoms with Gasteiger partial charge in [0.1, 0.15) is 6.04 Å². The fourth-order valence-corrected chi connectivity index (χ4v) is 4.11. The lowest BCUT2D eigenvalue weighted by Crippen LogP contribution is -2.68. The van der Waals surface area contributed by atoms with Gasteiger partial charge in [-0.1, -0.05) is 0 Å². The molecule has 2 aliphatic rings. The zero-order valence-corrected chi connectivity index (χ0v) is 15.2. The maximum absolute atomic E-state index is 12.4. The van der Waals surface area contributed by atoms with Crippen LogP contribution >= 0.6 is 0 Å². The number of nitrogens with two attached hydrogens (primary N) is 1. The number of rotatable bonds is 5. The smallest absolute Gasteiger partial charge is 0.362 e. The average molecular weight is 411 g/mol. The molecular weight excluding hydrogens is 394 g/mol. The number of fused-ring (bicyclic) bond motifs is 1. The van der Waals surface area contributed by atoms with Crippen LogP contribution in [0.1, 0.15) is 16.8 Å². The molecule has 0 bridgehead atoms. The highest BCUT2D eigenvalue weighted by Gasteiger charge is 2.60. The molecule has 12 nitrogen and oxygen atoms in total. The molecule has 28 heavy (non-hydrogen) atoms. The van der Waals surface area contributed by atoms with Gasteiger partial charge in [-0.3, -0.25) is 18.9 Å². The number of primary amides is 1. The lowest BCUT2D eigenvalue weighted by Gasteiger charge is -2.42. The Bertz CT molecular complexity index is 946. The van der Waals surface area contributed by atoms with E-state index < -0.39 is 46.1 Å². The van der Waals surface area contributed by atoms with Crippen molar-refractivity contribution < 1.29 is 32.1 Å². The summed E-state index contributed by atoms with van der Waals surface area (Å²) < 4.78 is 31.8. The normalized spacial score (nSPS) is 21.0. The molecule has 2 saturated heterocycles. The number of nitrogens with zero attached hydrogens (tertiary/aromatic N) is 2. The molecule has 0 aromatic heterocycles. The molecule has 2 heterocycles. The van der Waals surface area contributed by atoms with Crippen molar-refractivity contribution in [1.29, 1.82) is 0 Å². The minimum absolute atomic E-state index is 0.145. The Morgan fingerprint density at radius 3 is 2.43 bits per heavy atom. The summed E-state index contributed by atoms with van der Waals surface area (Å²) in [5.74, 6) is -2.05. The number of urea groups is 1. The van der Waals surface area contributed by atoms with Crippen LogP contribution < -0.4 is 16.4 Å². The third kappa shape index (κ3) is 3.61. The van der Waals surface area contributed by atoms with Gasteiger partial charge in [-0.15, -0.1) is 0 Å². The molecular formula is C15H17N5O7S. The first-order chi connectivity index (χ1) is 13.1. The minimum atomic E-state index is -4.64. The van der Waals surface area contributed by atoms with Crippen LogP contribution in [-0.2, 0) is 19.9 Å². The van der Waals surface area contributed by atoms with Crippen LogP contribution in [0.4, 0.5) is 10.5 Å². The predicted molar refractivity (Wildman–Crippen MR) is 94.3 cm³/mol. The van der Waals surface area contributed by atoms with Crippen molar-refractivity contribution in [2.75, 3.05) is 18.4 Å². The Morgan fingerprint density at radius 1 is 1.21 bits per heavy atom. The molecule has 1 aromatic carbocycles. The van der Waals surface area contributed by atoms with Gasteiger partial charge < -0.3 is 21.3 Å². The molecule has 0 spiro atoms. The van der Waals surface area contributed by atoms with E-state index in [1.165, 1.54) is 29.2 Å². The number of hydrogen-bond acceptors (Lipinski definition) is 6. The molecule has 0 radical (unpaired) electrons. The van der Waals surface area contributed by atoms with Crippen LogP contribution in [0.2, 0.25) is 0 Å². The van der Waals surface area contributed by atoms with E-state index >= 15 is 0 Å². The number of anilines is 1. The van der Waals surface area contributed by atoms with Crippen molar-refractivity contribution in [2.45, 2.75) is 18.5 Å². The van der Waals surface area contributed by atoms with Crippen molar-refractivity contribution in [3.63, 3.8) is 0 Å². The largest absolute Gasteiger partial charge is 0.368 e. The molecule has 2 aliphatic heterocycles. The van der Waals surface area contributed by atoms with Crippen molar-refractivity contribution >= 4 is 39.7 Å². The van der Waals surface area contributed by atoms with Gasteiger partial charge in [0.25, 0.3) is 11.8 Å². The summed E-state index contributed by atoms with van der Waals surface area (Å²) in [7, 11) is -4.64. The average Bonchev–Trinajstić information content (AvgIpc) is 2.97. The Hall–Kier alpha value is -3.19. The van der Waals surface area contributed by atoms with Crippen LogP contribution in [0.25, 0.3) is 0 Å². The first kappa shape index (κ1) is 19.6. The monoisotopic (exact) mass is 411 g/mol. The van der Waals surface area contributed by atoms with Crippen molar-refractivity contribution in [3.05, 3.63) is 29.8 Å². The van der Waals surface area contributed by atoms with E-state index in [0.717, 1.165) is 0 Å². The fourth-order valence-electron chi connectivity index (χ4n) is 3.21. The number of carbonyl (C=O) groups is 4. The highest BCUT2D eigenvalue weighted by molar-refractivity contribution is 7.84. The van der Waals surface area contributed by atoms with E-state index in [1.807, 2.05) is 0 Å². The first-order valence-electron chi connectivity index (χ1n) is 8.14. The number of hydrogen-bond donors (Lipinski definition) is 4. The van der Waals surface area contributed by atoms with Gasteiger partial charge in [0.2, 0.25) is 5.91 Å². The minimum Gasteiger partial charge on any atom is -0.368 e. The SMILES string of the molecule is NC(=O)CNC(=O)c1ccc(NC(=O)N2CCC3C2C(=O)N3S(=O)(=O)O)cc1. The standard InChI is InChI=1S/C15H17N5O7S/c16-11(21)7-17-13(22)8-1-3-9(4-2-8)18-15(24)19-6-5-10-12(19)14(23)20(10)28(25,26)27/h1-4,10,12H,5-7H2,(H2,16,21)(H,17,22)(H,18,24)(H,25,26,27). The summed E-state index contributed by atoms with van der Waals surface area (Å²) in [6.45, 7) is -0.157. The summed E-state index contributed by atoms with van der Waals surface area (Å²) in [4.78, 5) is 48.0. The fraction of sp³-hybridized carbons (Fsp3) is 0.333. The molecule has 3 rings (SSSR count). The van der Waals surface area contributed by atoms with E-state index in [2.05, 4.69) is 10.6 Å². The van der Waals surface area contributed by atoms with Crippen molar-refractivity contribution in [1.82, 2.24) is 14.5 Å². The van der Waals surface area contributed by atoms with E-state index in [0.29, 0.717) is 9.99 Å². The van der Waals surface area contributed by atoms with Crippen LogP contribution in [0, 0.1) is 0 Å². The molecule has 5 amide bonds. The Morgan fingerprint density at radius 2 is 1.86 bits per heavy atom. The lowest BCUT2D eigenvalue weighted by atomic mass is 10.0. The predicted octanol–water partition coefficient (Wildman–Crippen LogP) is -1.48. The van der Waals surface area contributed by atoms with E-state index in [9.17, 15) is 27.6 Å². The molecule has 0 saturated carbocycles. The second-order valence-electron chi connectivity index (χ2n) is 6.26. The topological polar surface area (TPSA) is 179 Å². The molecule has 2 unspecified atom stereocenters. The van der Waals surface area contributed by atoms with Gasteiger partial charge in [0.05, 0.1) is 12.6 Å². The third-order valence-electron chi connectivity index (χ3n) is 4.47. The summed E-state index contributed by atoms with van der Waals surface area (Å²) in [6, 6.07) is 3.43. The van der Waals surface area contributed by atoms with E-state index in [-0.39, 0.29) is 25.1 Å². The molecule has 1 aromatic rings. The van der Waals surface area contributed by atoms with Crippen LogP contribution in [0.15, 0.2) is 24.3 Å². The second-order valence-corrected chi connectivity index (χ2v) is 7.55. The molecule has 13 heteroatoms. The maximum atomic E-state index is 12.4. The third-order valence-corrected chi connectivity index (χ3v) is 5.42. The molecule has 2 atom stereocenters. The highest BCUT2D eigenvalue weighted by atomic mass is 32.2. The molecule has 150 valence electrons. The van der Waals surface area contributed by atoms with Gasteiger partial charge in [-0.25, -0.2) is 9.10 Å². The quantitative estimate of drug-likeness (QED) is 0.337. The summed E-state index contributed by atoms with van der Waals surface area (Å²) in [5.41, 5.74) is 5.54. The molecule has 0 aliphatic carbocycles. The van der Waals surface area contributed by atoms with Crippen molar-refractivity contribution in [2.24, 2.45) is 5.73 Å². The van der Waals surface area contributed by atoms with Crippen LogP contribution in [0.5, 0.6) is 0 Å².